The number of hydrogen-bond donors (Lipinski definition) is 2. The molecule has 0 spiro atoms. The van der Waals surface area contributed by atoms with Gasteiger partial charge >= 0.3 is 0 Å². The molecule has 146 valence electrons. The number of amides is 1. The third kappa shape index (κ3) is 4.70. The largest absolute Gasteiger partial charge is 0.474 e. The Bertz CT molecular complexity index is 924. The van der Waals surface area contributed by atoms with E-state index in [9.17, 15) is 9.59 Å². The van der Waals surface area contributed by atoms with Crippen LogP contribution in [0, 0.1) is 5.41 Å². The summed E-state index contributed by atoms with van der Waals surface area (Å²) in [7, 11) is 0. The zero-order valence-electron chi connectivity index (χ0n) is 15.7. The number of ether oxygens (including phenoxy) is 1. The molecule has 1 fully saturated rings. The van der Waals surface area contributed by atoms with E-state index in [0.717, 1.165) is 19.1 Å². The maximum absolute atomic E-state index is 13.2. The van der Waals surface area contributed by atoms with E-state index in [1.807, 2.05) is 6.92 Å². The van der Waals surface area contributed by atoms with Crippen molar-refractivity contribution in [2.45, 2.75) is 31.9 Å². The van der Waals surface area contributed by atoms with Gasteiger partial charge in [-0.05, 0) is 31.9 Å². The van der Waals surface area contributed by atoms with Crippen LogP contribution in [0.25, 0.3) is 0 Å². The predicted molar refractivity (Wildman–Crippen MR) is 106 cm³/mol. The minimum atomic E-state index is -0.204. The number of azo groups is 1. The number of aromatic nitrogens is 1. The summed E-state index contributed by atoms with van der Waals surface area (Å²) in [5.41, 5.74) is 0.823. The van der Waals surface area contributed by atoms with E-state index in [1.54, 1.807) is 35.4 Å². The molecule has 1 aromatic carbocycles. The summed E-state index contributed by atoms with van der Waals surface area (Å²) >= 11 is 0. The summed E-state index contributed by atoms with van der Waals surface area (Å²) in [6.07, 6.45) is 4.08. The first kappa shape index (κ1) is 19.5. The zero-order valence-corrected chi connectivity index (χ0v) is 15.7. The van der Waals surface area contributed by atoms with E-state index in [4.69, 9.17) is 10.1 Å². The fourth-order valence-corrected chi connectivity index (χ4v) is 3.18. The van der Waals surface area contributed by atoms with Gasteiger partial charge in [0, 0.05) is 30.6 Å². The summed E-state index contributed by atoms with van der Waals surface area (Å²) < 4.78 is 5.89. The molecule has 2 heterocycles. The van der Waals surface area contributed by atoms with E-state index >= 15 is 0 Å². The van der Waals surface area contributed by atoms with Crippen molar-refractivity contribution in [3.8, 4) is 5.88 Å². The standard InChI is InChI=1S/C20H23N5O3/c1-14-6-7-16(28-19-12-15(26)8-10-22-19)13-25(14)20(27)17-4-2-3-5-18(17)24-23-11-9-21/h2-5,8-10,12,14,16,21H,6-7,11,13H2,1H3,(H,22,26). The third-order valence-electron chi connectivity index (χ3n) is 4.63. The second kappa shape index (κ2) is 9.07. The van der Waals surface area contributed by atoms with Gasteiger partial charge in [0.2, 0.25) is 0 Å². The third-order valence-corrected chi connectivity index (χ3v) is 4.63. The van der Waals surface area contributed by atoms with E-state index < -0.39 is 0 Å². The fraction of sp³-hybridized carbons (Fsp3) is 0.350. The smallest absolute Gasteiger partial charge is 0.256 e. The Morgan fingerprint density at radius 3 is 2.96 bits per heavy atom. The molecule has 1 saturated heterocycles. The number of hydrogen-bond acceptors (Lipinski definition) is 6. The van der Waals surface area contributed by atoms with Crippen LogP contribution < -0.4 is 10.2 Å². The number of H-pyrrole nitrogens is 1. The minimum Gasteiger partial charge on any atom is -0.474 e. The molecule has 8 heteroatoms. The molecule has 0 bridgehead atoms. The van der Waals surface area contributed by atoms with Crippen LogP contribution in [0.5, 0.6) is 5.88 Å². The minimum absolute atomic E-state index is 0.0637. The number of carbonyl (C=O) groups excluding carboxylic acids is 1. The highest BCUT2D eigenvalue weighted by molar-refractivity contribution is 5.99. The normalized spacial score (nSPS) is 19.5. The number of nitrogens with zero attached hydrogens (tertiary/aromatic N) is 3. The van der Waals surface area contributed by atoms with E-state index in [-0.39, 0.29) is 30.0 Å². The Morgan fingerprint density at radius 2 is 2.18 bits per heavy atom. The Morgan fingerprint density at radius 1 is 1.36 bits per heavy atom. The monoisotopic (exact) mass is 381 g/mol. The first-order valence-corrected chi connectivity index (χ1v) is 9.20. The van der Waals surface area contributed by atoms with Crippen LogP contribution in [0.15, 0.2) is 57.6 Å². The van der Waals surface area contributed by atoms with Gasteiger partial charge in [0.1, 0.15) is 6.10 Å². The van der Waals surface area contributed by atoms with E-state index in [1.165, 1.54) is 12.1 Å². The lowest BCUT2D eigenvalue weighted by Gasteiger charge is -2.38. The molecule has 1 amide bonds. The maximum atomic E-state index is 13.2. The van der Waals surface area contributed by atoms with E-state index in [0.29, 0.717) is 23.7 Å². The SMILES string of the molecule is CC1CCC(Oc2cc(=O)cc[nH]2)CN1C(=O)c1ccccc1N=NCC=N. The van der Waals surface area contributed by atoms with Gasteiger partial charge in [-0.2, -0.15) is 10.2 Å². The van der Waals surface area contributed by atoms with Gasteiger partial charge < -0.3 is 20.0 Å². The molecule has 0 radical (unpaired) electrons. The van der Waals surface area contributed by atoms with Crippen molar-refractivity contribution >= 4 is 17.8 Å². The van der Waals surface area contributed by atoms with Crippen molar-refractivity contribution in [1.29, 1.82) is 5.41 Å². The van der Waals surface area contributed by atoms with Gasteiger partial charge in [-0.1, -0.05) is 12.1 Å². The molecule has 28 heavy (non-hydrogen) atoms. The summed E-state index contributed by atoms with van der Waals surface area (Å²) in [5.74, 6) is 0.270. The van der Waals surface area contributed by atoms with Gasteiger partial charge in [0.25, 0.3) is 5.91 Å². The van der Waals surface area contributed by atoms with Crippen LogP contribution in [0.4, 0.5) is 5.69 Å². The average Bonchev–Trinajstić information content (AvgIpc) is 2.69. The topological polar surface area (TPSA) is 111 Å². The van der Waals surface area contributed by atoms with Gasteiger partial charge in [-0.25, -0.2) is 0 Å². The molecule has 2 atom stereocenters. The summed E-state index contributed by atoms with van der Waals surface area (Å²) in [4.78, 5) is 29.4. The second-order valence-electron chi connectivity index (χ2n) is 6.66. The van der Waals surface area contributed by atoms with E-state index in [2.05, 4.69) is 15.2 Å². The molecule has 1 aromatic heterocycles. The van der Waals surface area contributed by atoms with Crippen LogP contribution in [0.3, 0.4) is 0 Å². The predicted octanol–water partition coefficient (Wildman–Crippen LogP) is 3.18. The highest BCUT2D eigenvalue weighted by Gasteiger charge is 2.31. The number of benzene rings is 1. The van der Waals surface area contributed by atoms with Crippen LogP contribution in [-0.4, -0.2) is 47.2 Å². The summed E-state index contributed by atoms with van der Waals surface area (Å²) in [5, 5.41) is 15.0. The van der Waals surface area contributed by atoms with Gasteiger partial charge in [0.15, 0.2) is 11.3 Å². The van der Waals surface area contributed by atoms with Gasteiger partial charge in [-0.15, -0.1) is 0 Å². The van der Waals surface area contributed by atoms with Crippen molar-refractivity contribution in [2.75, 3.05) is 13.1 Å². The number of piperidine rings is 1. The number of pyridine rings is 1. The van der Waals surface area contributed by atoms with Gasteiger partial charge in [-0.3, -0.25) is 9.59 Å². The zero-order chi connectivity index (χ0) is 19.9. The average molecular weight is 381 g/mol. The number of likely N-dealkylation sites (tertiary alicyclic amines) is 1. The van der Waals surface area contributed by atoms with Crippen molar-refractivity contribution in [1.82, 2.24) is 9.88 Å². The lowest BCUT2D eigenvalue weighted by atomic mass is 9.99. The second-order valence-corrected chi connectivity index (χ2v) is 6.66. The molecule has 2 unspecified atom stereocenters. The molecule has 2 N–H and O–H groups in total. The molecule has 3 rings (SSSR count). The molecule has 1 aliphatic rings. The van der Waals surface area contributed by atoms with Crippen LogP contribution in [0.1, 0.15) is 30.1 Å². The number of nitrogens with one attached hydrogen (secondary N) is 2. The Kier molecular flexibility index (Phi) is 6.31. The fourth-order valence-electron chi connectivity index (χ4n) is 3.18. The Hall–Kier alpha value is -3.29. The van der Waals surface area contributed by atoms with Crippen LogP contribution in [0.2, 0.25) is 0 Å². The van der Waals surface area contributed by atoms with Crippen molar-refractivity contribution in [2.24, 2.45) is 10.2 Å². The lowest BCUT2D eigenvalue weighted by molar-refractivity contribution is 0.0373. The van der Waals surface area contributed by atoms with Crippen LogP contribution >= 0.6 is 0 Å². The molecule has 0 saturated carbocycles. The Labute approximate surface area is 162 Å². The van der Waals surface area contributed by atoms with Gasteiger partial charge in [0.05, 0.1) is 24.3 Å². The molecular formula is C20H23N5O3. The molecule has 1 aliphatic heterocycles. The summed E-state index contributed by atoms with van der Waals surface area (Å²) in [6, 6.07) is 9.95. The van der Waals surface area contributed by atoms with Crippen LogP contribution in [-0.2, 0) is 0 Å². The number of carbonyl (C=O) groups is 1. The Balaban J connectivity index is 1.77. The number of aromatic amines is 1. The molecule has 0 aliphatic carbocycles. The maximum Gasteiger partial charge on any atom is 0.256 e. The first-order valence-electron chi connectivity index (χ1n) is 9.20. The highest BCUT2D eigenvalue weighted by atomic mass is 16.5. The van der Waals surface area contributed by atoms with Crippen molar-refractivity contribution < 1.29 is 9.53 Å². The highest BCUT2D eigenvalue weighted by Crippen LogP contribution is 2.26. The molecule has 8 nitrogen and oxygen atoms in total. The van der Waals surface area contributed by atoms with Crippen molar-refractivity contribution in [3.05, 3.63) is 58.4 Å². The molecular weight excluding hydrogens is 358 g/mol. The molecule has 2 aromatic rings. The quantitative estimate of drug-likeness (QED) is 0.592. The lowest BCUT2D eigenvalue weighted by Crippen LogP contribution is -2.49. The van der Waals surface area contributed by atoms with Crippen molar-refractivity contribution in [3.63, 3.8) is 0 Å². The first-order chi connectivity index (χ1) is 13.6. The number of rotatable bonds is 6. The summed E-state index contributed by atoms with van der Waals surface area (Å²) in [6.45, 7) is 2.61.